The molecule has 36 heavy (non-hydrogen) atoms. The monoisotopic (exact) mass is 505 g/mol. The summed E-state index contributed by atoms with van der Waals surface area (Å²) < 4.78 is 5.60. The molecule has 1 saturated heterocycles. The van der Waals surface area contributed by atoms with Gasteiger partial charge in [0.05, 0.1) is 28.8 Å². The Balaban J connectivity index is 1.58. The first kappa shape index (κ1) is 24.5. The van der Waals surface area contributed by atoms with Crippen LogP contribution in [0.3, 0.4) is 0 Å². The number of ether oxygens (including phenoxy) is 1. The summed E-state index contributed by atoms with van der Waals surface area (Å²) >= 11 is 1.63. The zero-order valence-electron chi connectivity index (χ0n) is 20.9. The summed E-state index contributed by atoms with van der Waals surface area (Å²) in [5, 5.41) is 10.4. The lowest BCUT2D eigenvalue weighted by Crippen LogP contribution is -2.36. The zero-order chi connectivity index (χ0) is 25.4. The summed E-state index contributed by atoms with van der Waals surface area (Å²) in [6, 6.07) is 12.0. The lowest BCUT2D eigenvalue weighted by molar-refractivity contribution is 0.0917. The third kappa shape index (κ3) is 4.88. The number of aromatic nitrogens is 1. The summed E-state index contributed by atoms with van der Waals surface area (Å²) in [5.41, 5.74) is 5.92. The third-order valence-corrected chi connectivity index (χ3v) is 8.19. The molecule has 0 unspecified atom stereocenters. The van der Waals surface area contributed by atoms with Crippen molar-refractivity contribution in [1.82, 2.24) is 9.88 Å². The second-order valence-corrected chi connectivity index (χ2v) is 11.4. The van der Waals surface area contributed by atoms with Gasteiger partial charge in [-0.25, -0.2) is 4.79 Å². The molecule has 3 aromatic rings. The van der Waals surface area contributed by atoms with Crippen LogP contribution >= 0.6 is 11.3 Å². The third-order valence-electron chi connectivity index (χ3n) is 6.85. The average molecular weight is 506 g/mol. The number of carboxylic acid groups (broad SMARTS) is 1. The molecule has 5 rings (SSSR count). The van der Waals surface area contributed by atoms with E-state index >= 15 is 0 Å². The SMILES string of the molecule is CN(Cc1cccc(-c2cc(-c3c(N4CCOCC4)sc4c3CC(C)(C)CC4=O)ccn2)c1)C(=O)O. The van der Waals surface area contributed by atoms with Crippen LogP contribution in [0.15, 0.2) is 42.6 Å². The molecule has 8 heteroatoms. The fourth-order valence-corrected chi connectivity index (χ4v) is 6.43. The van der Waals surface area contributed by atoms with Crippen LogP contribution in [-0.2, 0) is 17.7 Å². The summed E-state index contributed by atoms with van der Waals surface area (Å²) in [4.78, 5) is 33.6. The molecule has 0 radical (unpaired) electrons. The average Bonchev–Trinajstić information content (AvgIpc) is 3.23. The Morgan fingerprint density at radius 1 is 1.17 bits per heavy atom. The molecule has 2 aromatic heterocycles. The largest absolute Gasteiger partial charge is 0.465 e. The first-order valence-corrected chi connectivity index (χ1v) is 13.0. The first-order chi connectivity index (χ1) is 17.2. The Morgan fingerprint density at radius 2 is 1.94 bits per heavy atom. The molecule has 1 N–H and O–H groups in total. The van der Waals surface area contributed by atoms with E-state index in [2.05, 4.69) is 29.8 Å². The van der Waals surface area contributed by atoms with E-state index < -0.39 is 6.09 Å². The number of carbonyl (C=O) groups excluding carboxylic acids is 1. The smallest absolute Gasteiger partial charge is 0.407 e. The molecule has 1 aromatic carbocycles. The van der Waals surface area contributed by atoms with Crippen molar-refractivity contribution in [2.45, 2.75) is 33.2 Å². The maximum atomic E-state index is 13.2. The molecule has 0 bridgehead atoms. The van der Waals surface area contributed by atoms with Gasteiger partial charge in [-0.1, -0.05) is 32.0 Å². The van der Waals surface area contributed by atoms with Crippen molar-refractivity contribution in [2.24, 2.45) is 5.41 Å². The minimum atomic E-state index is -0.962. The van der Waals surface area contributed by atoms with Crippen molar-refractivity contribution >= 4 is 28.2 Å². The van der Waals surface area contributed by atoms with E-state index in [4.69, 9.17) is 4.74 Å². The van der Waals surface area contributed by atoms with E-state index in [1.807, 2.05) is 36.5 Å². The lowest BCUT2D eigenvalue weighted by atomic mass is 9.75. The molecule has 1 aliphatic carbocycles. The van der Waals surface area contributed by atoms with E-state index in [1.54, 1.807) is 18.4 Å². The highest BCUT2D eigenvalue weighted by Crippen LogP contribution is 2.49. The molecule has 7 nitrogen and oxygen atoms in total. The van der Waals surface area contributed by atoms with Gasteiger partial charge < -0.3 is 19.6 Å². The van der Waals surface area contributed by atoms with Crippen LogP contribution in [0.25, 0.3) is 22.4 Å². The van der Waals surface area contributed by atoms with Crippen LogP contribution in [0, 0.1) is 5.41 Å². The molecule has 0 saturated carbocycles. The highest BCUT2D eigenvalue weighted by Gasteiger charge is 2.37. The number of pyridine rings is 1. The minimum absolute atomic E-state index is 0.0808. The highest BCUT2D eigenvalue weighted by atomic mass is 32.1. The minimum Gasteiger partial charge on any atom is -0.465 e. The van der Waals surface area contributed by atoms with E-state index in [0.29, 0.717) is 26.2 Å². The maximum Gasteiger partial charge on any atom is 0.407 e. The fourth-order valence-electron chi connectivity index (χ4n) is 5.10. The highest BCUT2D eigenvalue weighted by molar-refractivity contribution is 7.19. The molecule has 1 fully saturated rings. The van der Waals surface area contributed by atoms with Crippen molar-refractivity contribution in [3.63, 3.8) is 0 Å². The quantitative estimate of drug-likeness (QED) is 0.488. The Kier molecular flexibility index (Phi) is 6.57. The van der Waals surface area contributed by atoms with Gasteiger partial charge in [0.25, 0.3) is 0 Å². The number of rotatable bonds is 5. The normalized spacial score (nSPS) is 17.1. The van der Waals surface area contributed by atoms with E-state index in [9.17, 15) is 14.7 Å². The van der Waals surface area contributed by atoms with E-state index in [0.717, 1.165) is 62.9 Å². The molecule has 3 heterocycles. The van der Waals surface area contributed by atoms with Crippen molar-refractivity contribution < 1.29 is 19.4 Å². The summed E-state index contributed by atoms with van der Waals surface area (Å²) in [6.45, 7) is 7.62. The number of hydrogen-bond donors (Lipinski definition) is 1. The van der Waals surface area contributed by atoms with E-state index in [1.165, 1.54) is 4.90 Å². The summed E-state index contributed by atoms with van der Waals surface area (Å²) in [5.74, 6) is 0.233. The van der Waals surface area contributed by atoms with Crippen LogP contribution in [0.4, 0.5) is 9.80 Å². The number of morpholine rings is 1. The molecule has 1 aliphatic heterocycles. The Hall–Kier alpha value is -3.23. The molecule has 0 spiro atoms. The molecule has 2 aliphatic rings. The van der Waals surface area contributed by atoms with Gasteiger partial charge in [0.15, 0.2) is 5.78 Å². The summed E-state index contributed by atoms with van der Waals surface area (Å²) in [6.07, 6.45) is 2.29. The number of ketones is 1. The van der Waals surface area contributed by atoms with Gasteiger partial charge >= 0.3 is 6.09 Å². The van der Waals surface area contributed by atoms with Gasteiger partial charge in [-0.3, -0.25) is 9.78 Å². The first-order valence-electron chi connectivity index (χ1n) is 12.2. The van der Waals surface area contributed by atoms with Gasteiger partial charge in [-0.05, 0) is 46.7 Å². The lowest BCUT2D eigenvalue weighted by Gasteiger charge is -2.30. The second-order valence-electron chi connectivity index (χ2n) is 10.4. The number of fused-ring (bicyclic) bond motifs is 1. The fraction of sp³-hybridized carbons (Fsp3) is 0.393. The number of nitrogens with zero attached hydrogens (tertiary/aromatic N) is 3. The van der Waals surface area contributed by atoms with Crippen molar-refractivity contribution in [3.8, 4) is 22.4 Å². The molecule has 1 amide bonds. The molecule has 188 valence electrons. The van der Waals surface area contributed by atoms with Gasteiger partial charge in [-0.2, -0.15) is 0 Å². The predicted octanol–water partition coefficient (Wildman–Crippen LogP) is 5.58. The number of amides is 1. The number of thiophene rings is 1. The standard InChI is InChI=1S/C28H31N3O4S/c1-28(2)15-21-24(26(31-9-11-35-12-10-31)36-25(21)23(32)16-28)20-7-8-29-22(14-20)19-6-4-5-18(13-19)17-30(3)27(33)34/h4-8,13-14H,9-12,15-17H2,1-3H3,(H,33,34). The predicted molar refractivity (Wildman–Crippen MR) is 142 cm³/mol. The Labute approximate surface area is 215 Å². The van der Waals surface area contributed by atoms with Crippen LogP contribution in [0.2, 0.25) is 0 Å². The number of Topliss-reactive ketones (excluding diaryl/α,β-unsaturated/α-hetero) is 1. The van der Waals surface area contributed by atoms with Gasteiger partial charge in [0.2, 0.25) is 0 Å². The Bertz CT molecular complexity index is 1310. The van der Waals surface area contributed by atoms with Crippen molar-refractivity contribution in [3.05, 3.63) is 58.6 Å². The molecular formula is C28H31N3O4S. The molecular weight excluding hydrogens is 474 g/mol. The number of hydrogen-bond acceptors (Lipinski definition) is 6. The van der Waals surface area contributed by atoms with Crippen molar-refractivity contribution in [2.75, 3.05) is 38.3 Å². The van der Waals surface area contributed by atoms with Crippen LogP contribution in [0.1, 0.15) is 41.1 Å². The number of anilines is 1. The number of benzene rings is 1. The van der Waals surface area contributed by atoms with Crippen LogP contribution in [0.5, 0.6) is 0 Å². The van der Waals surface area contributed by atoms with Crippen molar-refractivity contribution in [1.29, 1.82) is 0 Å². The van der Waals surface area contributed by atoms with Gasteiger partial charge in [0, 0.05) is 50.4 Å². The zero-order valence-corrected chi connectivity index (χ0v) is 21.7. The van der Waals surface area contributed by atoms with Gasteiger partial charge in [-0.15, -0.1) is 11.3 Å². The topological polar surface area (TPSA) is 83.0 Å². The van der Waals surface area contributed by atoms with Crippen LogP contribution in [-0.4, -0.2) is 60.2 Å². The van der Waals surface area contributed by atoms with Crippen LogP contribution < -0.4 is 4.90 Å². The van der Waals surface area contributed by atoms with Gasteiger partial charge in [0.1, 0.15) is 0 Å². The second kappa shape index (κ2) is 9.67. The van der Waals surface area contributed by atoms with E-state index in [-0.39, 0.29) is 11.2 Å². The summed E-state index contributed by atoms with van der Waals surface area (Å²) in [7, 11) is 1.56. The number of carbonyl (C=O) groups is 2. The molecule has 0 atom stereocenters. The maximum absolute atomic E-state index is 13.2. The Morgan fingerprint density at radius 3 is 2.69 bits per heavy atom.